The van der Waals surface area contributed by atoms with Crippen molar-refractivity contribution in [2.75, 3.05) is 6.54 Å². The maximum atomic E-state index is 6.15. The summed E-state index contributed by atoms with van der Waals surface area (Å²) < 4.78 is 6.15. The SMILES string of the molecule is CCCNCc1ccc(-c2nnc(CC(CCC)c3ccccc3)o2)c2cccnc12. The molecule has 0 amide bonds. The molecule has 0 aliphatic carbocycles. The maximum absolute atomic E-state index is 6.15. The van der Waals surface area contributed by atoms with E-state index in [4.69, 9.17) is 4.42 Å². The fourth-order valence-electron chi connectivity index (χ4n) is 4.08. The van der Waals surface area contributed by atoms with E-state index in [9.17, 15) is 0 Å². The van der Waals surface area contributed by atoms with Gasteiger partial charge in [0.05, 0.1) is 5.52 Å². The fourth-order valence-corrected chi connectivity index (χ4v) is 4.08. The van der Waals surface area contributed by atoms with Gasteiger partial charge in [0, 0.05) is 30.1 Å². The summed E-state index contributed by atoms with van der Waals surface area (Å²) in [6.07, 6.45) is 5.90. The second-order valence-electron chi connectivity index (χ2n) is 7.95. The highest BCUT2D eigenvalue weighted by atomic mass is 16.4. The summed E-state index contributed by atoms with van der Waals surface area (Å²) >= 11 is 0. The first-order valence-corrected chi connectivity index (χ1v) is 11.2. The van der Waals surface area contributed by atoms with Gasteiger partial charge in [-0.3, -0.25) is 4.98 Å². The van der Waals surface area contributed by atoms with E-state index in [1.807, 2.05) is 12.3 Å². The second kappa shape index (κ2) is 10.3. The number of nitrogens with zero attached hydrogens (tertiary/aromatic N) is 3. The van der Waals surface area contributed by atoms with Crippen LogP contribution in [-0.4, -0.2) is 21.7 Å². The van der Waals surface area contributed by atoms with Crippen LogP contribution >= 0.6 is 0 Å². The van der Waals surface area contributed by atoms with Gasteiger partial charge in [0.1, 0.15) is 0 Å². The van der Waals surface area contributed by atoms with E-state index in [1.54, 1.807) is 0 Å². The Labute approximate surface area is 183 Å². The van der Waals surface area contributed by atoms with Crippen LogP contribution < -0.4 is 5.32 Å². The lowest BCUT2D eigenvalue weighted by Crippen LogP contribution is -2.14. The molecule has 0 bridgehead atoms. The van der Waals surface area contributed by atoms with E-state index in [2.05, 4.69) is 82.9 Å². The van der Waals surface area contributed by atoms with E-state index in [1.165, 1.54) is 11.1 Å². The van der Waals surface area contributed by atoms with Crippen molar-refractivity contribution in [2.24, 2.45) is 0 Å². The minimum absolute atomic E-state index is 0.380. The van der Waals surface area contributed by atoms with Crippen LogP contribution in [0.3, 0.4) is 0 Å². The van der Waals surface area contributed by atoms with E-state index < -0.39 is 0 Å². The molecule has 31 heavy (non-hydrogen) atoms. The van der Waals surface area contributed by atoms with Gasteiger partial charge in [-0.05, 0) is 48.6 Å². The van der Waals surface area contributed by atoms with Gasteiger partial charge < -0.3 is 9.73 Å². The molecule has 160 valence electrons. The summed E-state index contributed by atoms with van der Waals surface area (Å²) in [5, 5.41) is 13.3. The number of benzene rings is 2. The van der Waals surface area contributed by atoms with E-state index in [0.717, 1.165) is 55.2 Å². The van der Waals surface area contributed by atoms with Crippen molar-refractivity contribution < 1.29 is 4.42 Å². The molecule has 2 heterocycles. The summed E-state index contributed by atoms with van der Waals surface area (Å²) in [6, 6.07) is 18.8. The van der Waals surface area contributed by atoms with Crippen molar-refractivity contribution in [2.45, 2.75) is 52.0 Å². The quantitative estimate of drug-likeness (QED) is 0.327. The average Bonchev–Trinajstić information content (AvgIpc) is 3.28. The van der Waals surface area contributed by atoms with E-state index in [-0.39, 0.29) is 0 Å². The van der Waals surface area contributed by atoms with Crippen molar-refractivity contribution in [3.8, 4) is 11.5 Å². The molecule has 1 atom stereocenters. The fraction of sp³-hybridized carbons (Fsp3) is 0.346. The van der Waals surface area contributed by atoms with Crippen LogP contribution in [0.1, 0.15) is 56.0 Å². The highest BCUT2D eigenvalue weighted by Crippen LogP contribution is 2.31. The zero-order valence-corrected chi connectivity index (χ0v) is 18.3. The number of hydrogen-bond acceptors (Lipinski definition) is 5. The minimum Gasteiger partial charge on any atom is -0.421 e. The van der Waals surface area contributed by atoms with Gasteiger partial charge in [0.15, 0.2) is 0 Å². The highest BCUT2D eigenvalue weighted by Gasteiger charge is 2.18. The molecule has 1 N–H and O–H groups in total. The molecular formula is C26H30N4O. The van der Waals surface area contributed by atoms with Crippen molar-refractivity contribution in [1.82, 2.24) is 20.5 Å². The zero-order chi connectivity index (χ0) is 21.5. The lowest BCUT2D eigenvalue weighted by atomic mass is 9.91. The van der Waals surface area contributed by atoms with Crippen LogP contribution in [0.15, 0.2) is 65.2 Å². The summed E-state index contributed by atoms with van der Waals surface area (Å²) in [4.78, 5) is 4.64. The molecule has 5 nitrogen and oxygen atoms in total. The van der Waals surface area contributed by atoms with Crippen molar-refractivity contribution in [1.29, 1.82) is 0 Å². The Hall–Kier alpha value is -3.05. The zero-order valence-electron chi connectivity index (χ0n) is 18.3. The third-order valence-electron chi connectivity index (χ3n) is 5.62. The molecule has 0 saturated carbocycles. The lowest BCUT2D eigenvalue weighted by Gasteiger charge is -2.14. The summed E-state index contributed by atoms with van der Waals surface area (Å²) in [5.41, 5.74) is 4.42. The molecule has 1 unspecified atom stereocenters. The topological polar surface area (TPSA) is 63.8 Å². The monoisotopic (exact) mass is 414 g/mol. The number of hydrogen-bond donors (Lipinski definition) is 1. The van der Waals surface area contributed by atoms with Crippen LogP contribution in [0.2, 0.25) is 0 Å². The maximum Gasteiger partial charge on any atom is 0.248 e. The summed E-state index contributed by atoms with van der Waals surface area (Å²) in [7, 11) is 0. The smallest absolute Gasteiger partial charge is 0.248 e. The molecule has 0 aliphatic heterocycles. The van der Waals surface area contributed by atoms with Crippen molar-refractivity contribution in [3.63, 3.8) is 0 Å². The van der Waals surface area contributed by atoms with Crippen LogP contribution in [0, 0.1) is 0 Å². The van der Waals surface area contributed by atoms with Crippen LogP contribution in [0.5, 0.6) is 0 Å². The van der Waals surface area contributed by atoms with Crippen LogP contribution in [-0.2, 0) is 13.0 Å². The van der Waals surface area contributed by atoms with Gasteiger partial charge in [0.2, 0.25) is 11.8 Å². The van der Waals surface area contributed by atoms with Crippen molar-refractivity contribution >= 4 is 10.9 Å². The third kappa shape index (κ3) is 5.00. The molecule has 0 spiro atoms. The normalized spacial score (nSPS) is 12.3. The predicted molar refractivity (Wildman–Crippen MR) is 125 cm³/mol. The first kappa shape index (κ1) is 21.2. The molecular weight excluding hydrogens is 384 g/mol. The van der Waals surface area contributed by atoms with Crippen LogP contribution in [0.25, 0.3) is 22.4 Å². The highest BCUT2D eigenvalue weighted by molar-refractivity contribution is 5.94. The number of aromatic nitrogens is 3. The van der Waals surface area contributed by atoms with Crippen molar-refractivity contribution in [3.05, 3.63) is 77.8 Å². The second-order valence-corrected chi connectivity index (χ2v) is 7.95. The van der Waals surface area contributed by atoms with E-state index >= 15 is 0 Å². The third-order valence-corrected chi connectivity index (χ3v) is 5.62. The number of nitrogens with one attached hydrogen (secondary N) is 1. The molecule has 4 rings (SSSR count). The first-order valence-electron chi connectivity index (χ1n) is 11.2. The van der Waals surface area contributed by atoms with E-state index in [0.29, 0.717) is 17.7 Å². The van der Waals surface area contributed by atoms with Gasteiger partial charge in [-0.1, -0.05) is 62.7 Å². The molecule has 0 saturated heterocycles. The Bertz CT molecular complexity index is 1110. The largest absolute Gasteiger partial charge is 0.421 e. The Morgan fingerprint density at radius 3 is 2.61 bits per heavy atom. The average molecular weight is 415 g/mol. The Morgan fingerprint density at radius 1 is 0.935 bits per heavy atom. The Balaban J connectivity index is 1.61. The molecule has 2 aromatic carbocycles. The Morgan fingerprint density at radius 2 is 1.81 bits per heavy atom. The number of rotatable bonds is 10. The van der Waals surface area contributed by atoms with Gasteiger partial charge in [-0.25, -0.2) is 0 Å². The van der Waals surface area contributed by atoms with Gasteiger partial charge >= 0.3 is 0 Å². The van der Waals surface area contributed by atoms with Gasteiger partial charge in [0.25, 0.3) is 0 Å². The standard InChI is InChI=1S/C26H30N4O/c1-3-9-20(19-10-6-5-7-11-19)17-24-29-30-26(31-24)23-14-13-21(18-27-15-4-2)25-22(23)12-8-16-28-25/h5-8,10-14,16,20,27H,3-4,9,15,17-18H2,1-2H3. The van der Waals surface area contributed by atoms with Crippen LogP contribution in [0.4, 0.5) is 0 Å². The first-order chi connectivity index (χ1) is 15.3. The molecule has 2 aromatic heterocycles. The summed E-state index contributed by atoms with van der Waals surface area (Å²) in [5.74, 6) is 1.62. The molecule has 5 heteroatoms. The summed E-state index contributed by atoms with van der Waals surface area (Å²) in [6.45, 7) is 6.17. The van der Waals surface area contributed by atoms with Gasteiger partial charge in [-0.15, -0.1) is 10.2 Å². The predicted octanol–water partition coefficient (Wildman–Crippen LogP) is 5.91. The molecule has 0 fully saturated rings. The van der Waals surface area contributed by atoms with Gasteiger partial charge in [-0.2, -0.15) is 0 Å². The molecule has 0 aliphatic rings. The minimum atomic E-state index is 0.380. The molecule has 0 radical (unpaired) electrons. The lowest BCUT2D eigenvalue weighted by molar-refractivity contribution is 0.468. The molecule has 4 aromatic rings. The number of fused-ring (bicyclic) bond motifs is 1. The Kier molecular flexibility index (Phi) is 7.05. The number of pyridine rings is 1.